The summed E-state index contributed by atoms with van der Waals surface area (Å²) in [4.78, 5) is 0. The van der Waals surface area contributed by atoms with Crippen LogP contribution in [0.2, 0.25) is 0 Å². The van der Waals surface area contributed by atoms with E-state index >= 15 is 0 Å². The molecule has 254 valence electrons. The summed E-state index contributed by atoms with van der Waals surface area (Å²) in [5, 5.41) is 3.43. The molecule has 0 atom stereocenters. The molecule has 0 aromatic carbocycles. The van der Waals surface area contributed by atoms with E-state index in [0.29, 0.717) is 0 Å². The third-order valence-corrected chi connectivity index (χ3v) is 9.71. The van der Waals surface area contributed by atoms with E-state index in [2.05, 4.69) is 19.2 Å². The van der Waals surface area contributed by atoms with Crippen molar-refractivity contribution in [2.45, 2.75) is 251 Å². The molecule has 0 aliphatic carbocycles. The summed E-state index contributed by atoms with van der Waals surface area (Å²) >= 11 is 0. The van der Waals surface area contributed by atoms with Crippen LogP contribution < -0.4 is 5.32 Å². The first-order valence-electron chi connectivity index (χ1n) is 20.6. The van der Waals surface area contributed by atoms with Gasteiger partial charge in [0, 0.05) is 0 Å². The molecule has 1 heteroatoms. The van der Waals surface area contributed by atoms with Crippen molar-refractivity contribution in [1.29, 1.82) is 0 Å². The van der Waals surface area contributed by atoms with E-state index in [1.165, 1.54) is 244 Å². The maximum Gasteiger partial charge on any atom is -0.00490 e. The number of hydrogen-bond acceptors (Lipinski definition) is 1. The molecule has 0 radical (unpaired) electrons. The second-order valence-corrected chi connectivity index (χ2v) is 14.1. The lowest BCUT2D eigenvalue weighted by Crippen LogP contribution is -2.13. The molecule has 0 spiro atoms. The molecule has 0 aliphatic heterocycles. The van der Waals surface area contributed by atoms with Gasteiger partial charge in [0.25, 0.3) is 0 Å². The molecule has 0 aliphatic rings. The van der Waals surface area contributed by atoms with Crippen LogP contribution in [0.3, 0.4) is 0 Å². The zero-order chi connectivity index (χ0) is 30.3. The zero-order valence-corrected chi connectivity index (χ0v) is 30.1. The highest BCUT2D eigenvalue weighted by atomic mass is 14.8. The first-order chi connectivity index (χ1) is 20.9. The van der Waals surface area contributed by atoms with Crippen molar-refractivity contribution in [3.8, 4) is 0 Å². The Morgan fingerprint density at radius 3 is 0.548 bits per heavy atom. The Kier molecular flexibility index (Phi) is 40.9. The maximum absolute atomic E-state index is 3.43. The molecule has 1 nitrogen and oxygen atoms in total. The van der Waals surface area contributed by atoms with Crippen LogP contribution >= 0.6 is 0 Å². The minimum Gasteiger partial charge on any atom is -0.317 e. The second-order valence-electron chi connectivity index (χ2n) is 14.1. The highest BCUT2D eigenvalue weighted by Crippen LogP contribution is 2.17. The second kappa shape index (κ2) is 41.0. The molecule has 0 saturated carbocycles. The normalized spacial score (nSPS) is 11.6. The summed E-state index contributed by atoms with van der Waals surface area (Å²) in [7, 11) is 0. The molecular formula is C41H85N. The van der Waals surface area contributed by atoms with Crippen LogP contribution in [0.5, 0.6) is 0 Å². The van der Waals surface area contributed by atoms with Gasteiger partial charge >= 0.3 is 0 Å². The fraction of sp³-hybridized carbons (Fsp3) is 1.00. The van der Waals surface area contributed by atoms with Gasteiger partial charge in [0.2, 0.25) is 0 Å². The number of rotatable bonds is 39. The van der Waals surface area contributed by atoms with E-state index in [-0.39, 0.29) is 0 Å². The van der Waals surface area contributed by atoms with Crippen molar-refractivity contribution in [3.63, 3.8) is 0 Å². The third kappa shape index (κ3) is 40.0. The van der Waals surface area contributed by atoms with Gasteiger partial charge in [-0.15, -0.1) is 0 Å². The van der Waals surface area contributed by atoms with E-state index in [1.54, 1.807) is 0 Å². The Labute approximate surface area is 269 Å². The van der Waals surface area contributed by atoms with Gasteiger partial charge in [0.05, 0.1) is 0 Å². The Hall–Kier alpha value is -0.0400. The van der Waals surface area contributed by atoms with Crippen molar-refractivity contribution < 1.29 is 0 Å². The fourth-order valence-electron chi connectivity index (χ4n) is 6.69. The highest BCUT2D eigenvalue weighted by Gasteiger charge is 1.97. The summed E-state index contributed by atoms with van der Waals surface area (Å²) in [6.45, 7) is 6.85. The highest BCUT2D eigenvalue weighted by molar-refractivity contribution is 4.53. The maximum atomic E-state index is 3.43. The molecule has 0 rings (SSSR count). The molecule has 0 aromatic rings. The van der Waals surface area contributed by atoms with Crippen LogP contribution in [0.1, 0.15) is 251 Å². The molecule has 0 fully saturated rings. The van der Waals surface area contributed by atoms with Gasteiger partial charge < -0.3 is 5.32 Å². The van der Waals surface area contributed by atoms with Crippen LogP contribution in [0.15, 0.2) is 0 Å². The van der Waals surface area contributed by atoms with Crippen molar-refractivity contribution in [1.82, 2.24) is 5.32 Å². The van der Waals surface area contributed by atoms with Crippen LogP contribution in [0.25, 0.3) is 0 Å². The van der Waals surface area contributed by atoms with E-state index in [4.69, 9.17) is 0 Å². The van der Waals surface area contributed by atoms with E-state index in [9.17, 15) is 0 Å². The molecule has 42 heavy (non-hydrogen) atoms. The molecule has 1 N–H and O–H groups in total. The van der Waals surface area contributed by atoms with E-state index in [1.807, 2.05) is 0 Å². The molecule has 0 bridgehead atoms. The Bertz CT molecular complexity index is 393. The van der Waals surface area contributed by atoms with E-state index < -0.39 is 0 Å². The Morgan fingerprint density at radius 1 is 0.214 bits per heavy atom. The minimum absolute atomic E-state index is 1.12. The lowest BCUT2D eigenvalue weighted by atomic mass is 10.0. The fourth-order valence-corrected chi connectivity index (χ4v) is 6.69. The van der Waals surface area contributed by atoms with Gasteiger partial charge in [-0.2, -0.15) is 0 Å². The number of nitrogens with one attached hydrogen (secondary N) is 1. The van der Waals surface area contributed by atoms with Gasteiger partial charge in [-0.1, -0.05) is 245 Å². The molecular weight excluding hydrogens is 506 g/mol. The Morgan fingerprint density at radius 2 is 0.381 bits per heavy atom. The van der Waals surface area contributed by atoms with Crippen LogP contribution in [0.4, 0.5) is 0 Å². The zero-order valence-electron chi connectivity index (χ0n) is 30.1. The third-order valence-electron chi connectivity index (χ3n) is 9.71. The quantitative estimate of drug-likeness (QED) is 0.0701. The average molecular weight is 592 g/mol. The van der Waals surface area contributed by atoms with Crippen LogP contribution in [-0.2, 0) is 0 Å². The molecule has 0 amide bonds. The summed E-state index contributed by atoms with van der Waals surface area (Å²) in [6.07, 6.45) is 54.7. The van der Waals surface area contributed by atoms with Gasteiger partial charge in [-0.05, 0) is 19.5 Å². The van der Waals surface area contributed by atoms with Crippen molar-refractivity contribution in [2.24, 2.45) is 0 Å². The summed E-state index contributed by atoms with van der Waals surface area (Å²) < 4.78 is 0. The van der Waals surface area contributed by atoms with Gasteiger partial charge in [-0.25, -0.2) is 0 Å². The van der Waals surface area contributed by atoms with E-state index in [0.717, 1.165) is 6.54 Å². The SMILES string of the molecule is CCCCCCCCCCCCCCCCCCCCCCCCCCCCCCCCCCCCCCCNCC. The number of hydrogen-bond donors (Lipinski definition) is 1. The van der Waals surface area contributed by atoms with Gasteiger partial charge in [0.15, 0.2) is 0 Å². The lowest BCUT2D eigenvalue weighted by Gasteiger charge is -2.05. The molecule has 0 aromatic heterocycles. The predicted molar refractivity (Wildman–Crippen MR) is 195 cm³/mol. The standard InChI is InChI=1S/C41H85N/c1-3-5-6-7-8-9-10-11-12-13-14-15-16-17-18-19-20-21-22-23-24-25-26-27-28-29-30-31-32-33-34-35-36-37-38-39-40-41-42-4-2/h42H,3-41H2,1-2H3. The minimum atomic E-state index is 1.12. The summed E-state index contributed by atoms with van der Waals surface area (Å²) in [5.74, 6) is 0. The molecule has 0 saturated heterocycles. The first-order valence-corrected chi connectivity index (χ1v) is 20.6. The Balaban J connectivity index is 3.02. The topological polar surface area (TPSA) is 12.0 Å². The summed E-state index contributed by atoms with van der Waals surface area (Å²) in [6, 6.07) is 0. The van der Waals surface area contributed by atoms with Crippen molar-refractivity contribution in [3.05, 3.63) is 0 Å². The van der Waals surface area contributed by atoms with Crippen LogP contribution in [0, 0.1) is 0 Å². The van der Waals surface area contributed by atoms with Gasteiger partial charge in [-0.3, -0.25) is 0 Å². The predicted octanol–water partition coefficient (Wildman–Crippen LogP) is 15.0. The summed E-state index contributed by atoms with van der Waals surface area (Å²) in [5.41, 5.74) is 0. The molecule has 0 unspecified atom stereocenters. The van der Waals surface area contributed by atoms with Crippen molar-refractivity contribution in [2.75, 3.05) is 13.1 Å². The van der Waals surface area contributed by atoms with Gasteiger partial charge in [0.1, 0.15) is 0 Å². The monoisotopic (exact) mass is 592 g/mol. The lowest BCUT2D eigenvalue weighted by molar-refractivity contribution is 0.510. The first kappa shape index (κ1) is 42.0. The van der Waals surface area contributed by atoms with Crippen LogP contribution in [-0.4, -0.2) is 13.1 Å². The average Bonchev–Trinajstić information content (AvgIpc) is 3.00. The van der Waals surface area contributed by atoms with Crippen molar-refractivity contribution >= 4 is 0 Å². The number of unbranched alkanes of at least 4 members (excludes halogenated alkanes) is 36. The molecule has 0 heterocycles. The smallest absolute Gasteiger partial charge is 0.00490 e. The largest absolute Gasteiger partial charge is 0.317 e.